The number of nitrogens with two attached hydrogens (primary N) is 1. The number of aromatic nitrogens is 4. The van der Waals surface area contributed by atoms with E-state index in [0.717, 1.165) is 19.3 Å². The van der Waals surface area contributed by atoms with Crippen LogP contribution in [0.5, 0.6) is 0 Å². The molecule has 0 saturated heterocycles. The predicted molar refractivity (Wildman–Crippen MR) is 93.3 cm³/mol. The van der Waals surface area contributed by atoms with Crippen LogP contribution in [0.1, 0.15) is 32.6 Å². The number of fused-ring (bicyclic) bond motifs is 1. The molecule has 1 unspecified atom stereocenters. The van der Waals surface area contributed by atoms with E-state index in [4.69, 9.17) is 15.0 Å². The molecule has 11 heteroatoms. The highest BCUT2D eigenvalue weighted by atomic mass is 31.2. The summed E-state index contributed by atoms with van der Waals surface area (Å²) in [7, 11) is -3.41. The summed E-state index contributed by atoms with van der Waals surface area (Å²) in [5.41, 5.74) is 5.76. The maximum Gasteiger partial charge on any atom is 0.328 e. The minimum atomic E-state index is -3.41. The third kappa shape index (κ3) is 5.93. The van der Waals surface area contributed by atoms with E-state index < -0.39 is 7.60 Å². The molecule has 2 heterocycles. The first kappa shape index (κ1) is 19.6. The molecule has 25 heavy (non-hydrogen) atoms. The maximum atomic E-state index is 11.7. The number of rotatable bonds is 11. The highest BCUT2D eigenvalue weighted by Crippen LogP contribution is 2.42. The predicted octanol–water partition coefficient (Wildman–Crippen LogP) is 1.46. The van der Waals surface area contributed by atoms with Gasteiger partial charge in [-0.15, -0.1) is 0 Å². The number of hydrogen-bond acceptors (Lipinski definition) is 7. The normalized spacial score (nSPS) is 14.0. The molecule has 4 N–H and O–H groups in total. The van der Waals surface area contributed by atoms with Crippen molar-refractivity contribution in [2.24, 2.45) is 0 Å². The van der Waals surface area contributed by atoms with Crippen molar-refractivity contribution in [3.8, 4) is 0 Å². The number of H-pyrrole nitrogens is 1. The van der Waals surface area contributed by atoms with Crippen LogP contribution in [-0.4, -0.2) is 43.8 Å². The molecule has 0 amide bonds. The van der Waals surface area contributed by atoms with Crippen LogP contribution in [0.15, 0.2) is 11.1 Å². The van der Waals surface area contributed by atoms with E-state index in [1.54, 1.807) is 11.5 Å². The van der Waals surface area contributed by atoms with Gasteiger partial charge in [0.2, 0.25) is 5.95 Å². The first-order valence-corrected chi connectivity index (χ1v) is 9.94. The standard InChI is InChI=1S/C14H24N5O5P/c1-2-24-25(21,22)8-6-4-3-5-7-23-10-19-9-16-11-12(19)17-14(15)18-13(11)20/h9H,2-8,10H2,1H3,(H,21,22)(H3,15,17,18,20). The highest BCUT2D eigenvalue weighted by molar-refractivity contribution is 7.52. The second kappa shape index (κ2) is 9.10. The van der Waals surface area contributed by atoms with E-state index in [-0.39, 0.29) is 36.5 Å². The topological polar surface area (TPSA) is 145 Å². The molecule has 0 aliphatic carbocycles. The third-order valence-corrected chi connectivity index (χ3v) is 5.08. The van der Waals surface area contributed by atoms with Crippen molar-refractivity contribution in [3.05, 3.63) is 16.7 Å². The Balaban J connectivity index is 1.66. The van der Waals surface area contributed by atoms with Gasteiger partial charge in [-0.05, 0) is 19.8 Å². The van der Waals surface area contributed by atoms with E-state index in [9.17, 15) is 14.3 Å². The Morgan fingerprint density at radius 3 is 2.88 bits per heavy atom. The van der Waals surface area contributed by atoms with Crippen LogP contribution in [-0.2, 0) is 20.6 Å². The summed E-state index contributed by atoms with van der Waals surface area (Å²) in [5, 5.41) is 0. The minimum absolute atomic E-state index is 0.0347. The summed E-state index contributed by atoms with van der Waals surface area (Å²) < 4.78 is 23.5. The van der Waals surface area contributed by atoms with Gasteiger partial charge in [-0.1, -0.05) is 12.8 Å². The molecule has 2 aromatic heterocycles. The van der Waals surface area contributed by atoms with Gasteiger partial charge in [-0.2, -0.15) is 4.98 Å². The lowest BCUT2D eigenvalue weighted by Gasteiger charge is -2.10. The summed E-state index contributed by atoms with van der Waals surface area (Å²) >= 11 is 0. The average molecular weight is 373 g/mol. The first-order chi connectivity index (χ1) is 11.9. The van der Waals surface area contributed by atoms with E-state index in [1.807, 2.05) is 0 Å². The van der Waals surface area contributed by atoms with Crippen molar-refractivity contribution in [3.63, 3.8) is 0 Å². The number of nitrogen functional groups attached to an aromatic ring is 1. The second-order valence-corrected chi connectivity index (χ2v) is 7.55. The van der Waals surface area contributed by atoms with Crippen LogP contribution in [0.25, 0.3) is 11.2 Å². The van der Waals surface area contributed by atoms with Gasteiger partial charge in [-0.3, -0.25) is 18.9 Å². The van der Waals surface area contributed by atoms with Crippen molar-refractivity contribution in [2.75, 3.05) is 25.1 Å². The maximum absolute atomic E-state index is 11.7. The van der Waals surface area contributed by atoms with E-state index in [1.165, 1.54) is 6.33 Å². The number of anilines is 1. The Morgan fingerprint density at radius 2 is 2.12 bits per heavy atom. The van der Waals surface area contributed by atoms with Crippen molar-refractivity contribution in [1.29, 1.82) is 0 Å². The molecule has 2 rings (SSSR count). The van der Waals surface area contributed by atoms with Gasteiger partial charge < -0.3 is 19.9 Å². The molecule has 0 radical (unpaired) electrons. The summed E-state index contributed by atoms with van der Waals surface area (Å²) in [6.45, 7) is 2.70. The monoisotopic (exact) mass is 373 g/mol. The molecule has 2 aromatic rings. The molecular weight excluding hydrogens is 349 g/mol. The Bertz CT molecular complexity index is 790. The Hall–Kier alpha value is -1.74. The fourth-order valence-corrected chi connectivity index (χ4v) is 3.52. The SMILES string of the molecule is CCOP(=O)(O)CCCCCCOCn1cnc2c(=O)[nH]c(N)nc21. The van der Waals surface area contributed by atoms with Crippen LogP contribution in [0.4, 0.5) is 5.95 Å². The lowest BCUT2D eigenvalue weighted by atomic mass is 10.2. The number of imidazole rings is 1. The Kier molecular flexibility index (Phi) is 7.12. The van der Waals surface area contributed by atoms with E-state index in [0.29, 0.717) is 18.7 Å². The minimum Gasteiger partial charge on any atom is -0.369 e. The Morgan fingerprint density at radius 1 is 1.36 bits per heavy atom. The van der Waals surface area contributed by atoms with Crippen LogP contribution < -0.4 is 11.3 Å². The highest BCUT2D eigenvalue weighted by Gasteiger charge is 2.16. The third-order valence-electron chi connectivity index (χ3n) is 3.53. The molecule has 0 saturated carbocycles. The molecule has 10 nitrogen and oxygen atoms in total. The van der Waals surface area contributed by atoms with Crippen molar-refractivity contribution in [1.82, 2.24) is 19.5 Å². The summed E-state index contributed by atoms with van der Waals surface area (Å²) in [5.74, 6) is 0.0347. The zero-order valence-corrected chi connectivity index (χ0v) is 15.1. The van der Waals surface area contributed by atoms with Crippen molar-refractivity contribution >= 4 is 24.7 Å². The second-order valence-electron chi connectivity index (χ2n) is 5.57. The molecular formula is C14H24N5O5P. The van der Waals surface area contributed by atoms with Gasteiger partial charge in [0, 0.05) is 12.8 Å². The van der Waals surface area contributed by atoms with Gasteiger partial charge in [0.05, 0.1) is 12.9 Å². The van der Waals surface area contributed by atoms with Crippen LogP contribution in [0, 0.1) is 0 Å². The lowest BCUT2D eigenvalue weighted by molar-refractivity contribution is 0.0760. The van der Waals surface area contributed by atoms with Gasteiger partial charge in [0.15, 0.2) is 11.2 Å². The summed E-state index contributed by atoms with van der Waals surface area (Å²) in [6.07, 6.45) is 4.87. The van der Waals surface area contributed by atoms with Gasteiger partial charge in [-0.25, -0.2) is 4.98 Å². The molecule has 0 spiro atoms. The summed E-state index contributed by atoms with van der Waals surface area (Å²) in [4.78, 5) is 31.5. The number of hydrogen-bond donors (Lipinski definition) is 3. The fraction of sp³-hybridized carbons (Fsp3) is 0.643. The molecule has 1 atom stereocenters. The molecule has 0 aliphatic rings. The number of ether oxygens (including phenoxy) is 1. The van der Waals surface area contributed by atoms with Crippen LogP contribution in [0.2, 0.25) is 0 Å². The molecule has 0 fully saturated rings. The number of unbranched alkanes of at least 4 members (excludes halogenated alkanes) is 3. The van der Waals surface area contributed by atoms with E-state index in [2.05, 4.69) is 15.0 Å². The number of aromatic amines is 1. The zero-order valence-electron chi connectivity index (χ0n) is 14.2. The van der Waals surface area contributed by atoms with Crippen LogP contribution >= 0.6 is 7.60 Å². The molecule has 0 aromatic carbocycles. The lowest BCUT2D eigenvalue weighted by Crippen LogP contribution is -2.12. The Labute approximate surface area is 144 Å². The van der Waals surface area contributed by atoms with Crippen molar-refractivity contribution in [2.45, 2.75) is 39.3 Å². The molecule has 0 bridgehead atoms. The largest absolute Gasteiger partial charge is 0.369 e. The zero-order chi connectivity index (χ0) is 18.3. The molecule has 0 aliphatic heterocycles. The quantitative estimate of drug-likeness (QED) is 0.396. The van der Waals surface area contributed by atoms with Gasteiger partial charge in [0.1, 0.15) is 6.73 Å². The van der Waals surface area contributed by atoms with Crippen molar-refractivity contribution < 1.29 is 18.7 Å². The van der Waals surface area contributed by atoms with Gasteiger partial charge in [0.25, 0.3) is 5.56 Å². The number of nitrogens with one attached hydrogen (secondary N) is 1. The summed E-state index contributed by atoms with van der Waals surface area (Å²) in [6, 6.07) is 0. The van der Waals surface area contributed by atoms with E-state index >= 15 is 0 Å². The van der Waals surface area contributed by atoms with Gasteiger partial charge >= 0.3 is 7.60 Å². The first-order valence-electron chi connectivity index (χ1n) is 8.17. The fourth-order valence-electron chi connectivity index (χ4n) is 2.36. The molecule has 140 valence electrons. The smallest absolute Gasteiger partial charge is 0.328 e. The average Bonchev–Trinajstić information content (AvgIpc) is 2.93. The number of nitrogens with zero attached hydrogens (tertiary/aromatic N) is 3. The van der Waals surface area contributed by atoms with Crippen LogP contribution in [0.3, 0.4) is 0 Å².